The summed E-state index contributed by atoms with van der Waals surface area (Å²) in [7, 11) is 1.76. The van der Waals surface area contributed by atoms with Crippen molar-refractivity contribution in [2.45, 2.75) is 6.92 Å². The van der Waals surface area contributed by atoms with Crippen molar-refractivity contribution in [3.05, 3.63) is 47.3 Å². The first-order chi connectivity index (χ1) is 9.60. The third-order valence-corrected chi connectivity index (χ3v) is 2.69. The van der Waals surface area contributed by atoms with Gasteiger partial charge >= 0.3 is 0 Å². The smallest absolute Gasteiger partial charge is 0.276 e. The highest BCUT2D eigenvalue weighted by Gasteiger charge is 2.11. The minimum absolute atomic E-state index is 0.259. The van der Waals surface area contributed by atoms with Crippen molar-refractivity contribution in [1.29, 1.82) is 0 Å². The number of carbonyl (C=O) groups excluding carboxylic acids is 1. The van der Waals surface area contributed by atoms with Gasteiger partial charge in [0.1, 0.15) is 0 Å². The molecule has 0 bridgehead atoms. The molecule has 0 spiro atoms. The Labute approximate surface area is 117 Å². The van der Waals surface area contributed by atoms with Crippen LogP contribution in [0.4, 0.5) is 5.69 Å². The minimum atomic E-state index is -0.259. The summed E-state index contributed by atoms with van der Waals surface area (Å²) >= 11 is 0. The molecule has 5 heteroatoms. The van der Waals surface area contributed by atoms with Crippen LogP contribution >= 0.6 is 0 Å². The molecule has 0 atom stereocenters. The van der Waals surface area contributed by atoms with E-state index in [4.69, 9.17) is 5.73 Å². The molecule has 5 nitrogen and oxygen atoms in total. The van der Waals surface area contributed by atoms with E-state index < -0.39 is 0 Å². The van der Waals surface area contributed by atoms with Gasteiger partial charge in [-0.25, -0.2) is 0 Å². The highest BCUT2D eigenvalue weighted by atomic mass is 16.1. The van der Waals surface area contributed by atoms with E-state index in [1.807, 2.05) is 25.1 Å². The molecule has 0 fully saturated rings. The molecule has 0 saturated heterocycles. The molecule has 0 unspecified atom stereocenters. The molecule has 0 saturated carbocycles. The van der Waals surface area contributed by atoms with Crippen LogP contribution in [-0.4, -0.2) is 22.2 Å². The van der Waals surface area contributed by atoms with Crippen molar-refractivity contribution >= 4 is 11.6 Å². The number of nitrogens with two attached hydrogens (primary N) is 1. The summed E-state index contributed by atoms with van der Waals surface area (Å²) in [5, 5.41) is 6.88. The van der Waals surface area contributed by atoms with Gasteiger partial charge in [0.2, 0.25) is 0 Å². The fourth-order valence-electron chi connectivity index (χ4n) is 1.74. The first-order valence-electron chi connectivity index (χ1n) is 6.20. The normalized spacial score (nSPS) is 9.75. The molecule has 2 rings (SSSR count). The van der Waals surface area contributed by atoms with E-state index in [2.05, 4.69) is 22.3 Å². The average Bonchev–Trinajstić information content (AvgIpc) is 2.85. The van der Waals surface area contributed by atoms with Gasteiger partial charge in [0.25, 0.3) is 5.91 Å². The Bertz CT molecular complexity index is 691. The van der Waals surface area contributed by atoms with Gasteiger partial charge in [-0.2, -0.15) is 5.10 Å². The predicted octanol–water partition coefficient (Wildman–Crippen LogP) is 1.29. The van der Waals surface area contributed by atoms with Crippen LogP contribution in [0.1, 0.15) is 21.6 Å². The maximum absolute atomic E-state index is 12.1. The minimum Gasteiger partial charge on any atom is -0.320 e. The van der Waals surface area contributed by atoms with Gasteiger partial charge in [0.15, 0.2) is 5.69 Å². The summed E-state index contributed by atoms with van der Waals surface area (Å²) < 4.78 is 1.58. The topological polar surface area (TPSA) is 72.9 Å². The van der Waals surface area contributed by atoms with Gasteiger partial charge in [0.05, 0.1) is 12.2 Å². The SMILES string of the molecule is Cc1ccc(NC(=O)c2ccn(C)n2)c(C#CCN)c1. The summed E-state index contributed by atoms with van der Waals surface area (Å²) in [5.74, 6) is 5.50. The van der Waals surface area contributed by atoms with Crippen LogP contribution < -0.4 is 11.1 Å². The molecule has 0 radical (unpaired) electrons. The van der Waals surface area contributed by atoms with Crippen LogP contribution in [0.15, 0.2) is 30.5 Å². The third-order valence-electron chi connectivity index (χ3n) is 2.69. The van der Waals surface area contributed by atoms with Gasteiger partial charge < -0.3 is 11.1 Å². The maximum atomic E-state index is 12.1. The van der Waals surface area contributed by atoms with E-state index in [0.717, 1.165) is 11.1 Å². The van der Waals surface area contributed by atoms with E-state index >= 15 is 0 Å². The standard InChI is InChI=1S/C15H16N4O/c1-11-5-6-13(12(10-11)4-3-8-16)17-15(20)14-7-9-19(2)18-14/h5-7,9-10H,8,16H2,1-2H3,(H,17,20). The first-order valence-corrected chi connectivity index (χ1v) is 6.20. The Morgan fingerprint density at radius 2 is 2.25 bits per heavy atom. The van der Waals surface area contributed by atoms with E-state index in [1.165, 1.54) is 0 Å². The lowest BCUT2D eigenvalue weighted by Gasteiger charge is -2.07. The van der Waals surface area contributed by atoms with E-state index in [9.17, 15) is 4.79 Å². The third kappa shape index (κ3) is 3.25. The molecular weight excluding hydrogens is 252 g/mol. The van der Waals surface area contributed by atoms with Gasteiger partial charge in [-0.05, 0) is 30.7 Å². The summed E-state index contributed by atoms with van der Waals surface area (Å²) in [5.41, 5.74) is 8.23. The molecule has 0 aliphatic carbocycles. The predicted molar refractivity (Wildman–Crippen MR) is 78.3 cm³/mol. The zero-order chi connectivity index (χ0) is 14.5. The van der Waals surface area contributed by atoms with Gasteiger partial charge in [-0.3, -0.25) is 9.48 Å². The number of benzene rings is 1. The zero-order valence-electron chi connectivity index (χ0n) is 11.5. The Morgan fingerprint density at radius 3 is 2.90 bits per heavy atom. The van der Waals surface area contributed by atoms with Crippen LogP contribution in [0.2, 0.25) is 0 Å². The maximum Gasteiger partial charge on any atom is 0.276 e. The second-order valence-corrected chi connectivity index (χ2v) is 4.38. The Hall–Kier alpha value is -2.58. The van der Waals surface area contributed by atoms with Crippen molar-refractivity contribution < 1.29 is 4.79 Å². The molecule has 0 aliphatic rings. The molecule has 2 aromatic rings. The van der Waals surface area contributed by atoms with Crippen molar-refractivity contribution in [2.75, 3.05) is 11.9 Å². The summed E-state index contributed by atoms with van der Waals surface area (Å²) in [6.45, 7) is 2.25. The van der Waals surface area contributed by atoms with Crippen LogP contribution in [0.5, 0.6) is 0 Å². The van der Waals surface area contributed by atoms with E-state index in [1.54, 1.807) is 24.0 Å². The molecule has 20 heavy (non-hydrogen) atoms. The molecule has 102 valence electrons. The molecule has 0 aliphatic heterocycles. The zero-order valence-corrected chi connectivity index (χ0v) is 11.5. The van der Waals surface area contributed by atoms with E-state index in [0.29, 0.717) is 11.4 Å². The average molecular weight is 268 g/mol. The Morgan fingerprint density at radius 1 is 1.45 bits per heavy atom. The van der Waals surface area contributed by atoms with Crippen molar-refractivity contribution in [3.63, 3.8) is 0 Å². The number of hydrogen-bond acceptors (Lipinski definition) is 3. The highest BCUT2D eigenvalue weighted by Crippen LogP contribution is 2.17. The number of nitrogens with one attached hydrogen (secondary N) is 1. The molecular formula is C15H16N4O. The molecule has 1 aromatic carbocycles. The van der Waals surface area contributed by atoms with Crippen LogP contribution in [0.25, 0.3) is 0 Å². The van der Waals surface area contributed by atoms with E-state index in [-0.39, 0.29) is 12.5 Å². The molecule has 1 heterocycles. The summed E-state index contributed by atoms with van der Waals surface area (Å²) in [6, 6.07) is 7.32. The fraction of sp³-hybridized carbons (Fsp3) is 0.200. The van der Waals surface area contributed by atoms with Crippen LogP contribution in [0, 0.1) is 18.8 Å². The monoisotopic (exact) mass is 268 g/mol. The number of rotatable bonds is 2. The Kier molecular flexibility index (Phi) is 4.18. The van der Waals surface area contributed by atoms with Crippen molar-refractivity contribution in [1.82, 2.24) is 9.78 Å². The van der Waals surface area contributed by atoms with Gasteiger partial charge in [-0.15, -0.1) is 0 Å². The highest BCUT2D eigenvalue weighted by molar-refractivity contribution is 6.03. The number of amides is 1. The van der Waals surface area contributed by atoms with Gasteiger partial charge in [0, 0.05) is 18.8 Å². The number of aromatic nitrogens is 2. The number of carbonyl (C=O) groups is 1. The molecule has 3 N–H and O–H groups in total. The van der Waals surface area contributed by atoms with Gasteiger partial charge in [-0.1, -0.05) is 17.9 Å². The summed E-state index contributed by atoms with van der Waals surface area (Å²) in [4.78, 5) is 12.1. The fourth-order valence-corrected chi connectivity index (χ4v) is 1.74. The lowest BCUT2D eigenvalue weighted by Crippen LogP contribution is -2.14. The lowest BCUT2D eigenvalue weighted by atomic mass is 10.1. The molecule has 1 aromatic heterocycles. The number of nitrogens with zero attached hydrogens (tertiary/aromatic N) is 2. The largest absolute Gasteiger partial charge is 0.320 e. The first kappa shape index (κ1) is 13.8. The summed E-state index contributed by atoms with van der Waals surface area (Å²) in [6.07, 6.45) is 1.72. The number of aryl methyl sites for hydroxylation is 2. The number of anilines is 1. The lowest BCUT2D eigenvalue weighted by molar-refractivity contribution is 0.102. The van der Waals surface area contributed by atoms with Crippen LogP contribution in [-0.2, 0) is 7.05 Å². The van der Waals surface area contributed by atoms with Crippen molar-refractivity contribution in [3.8, 4) is 11.8 Å². The Balaban J connectivity index is 2.26. The second kappa shape index (κ2) is 6.04. The second-order valence-electron chi connectivity index (χ2n) is 4.38. The molecule has 1 amide bonds. The quantitative estimate of drug-likeness (QED) is 0.806. The van der Waals surface area contributed by atoms with Crippen molar-refractivity contribution in [2.24, 2.45) is 12.8 Å². The number of hydrogen-bond donors (Lipinski definition) is 2. The van der Waals surface area contributed by atoms with Crippen LogP contribution in [0.3, 0.4) is 0 Å².